The third kappa shape index (κ3) is 5.21. The second-order valence-electron chi connectivity index (χ2n) is 8.79. The van der Waals surface area contributed by atoms with E-state index in [0.717, 1.165) is 47.7 Å². The minimum absolute atomic E-state index is 0.000939. The molecular formula is C27H31FN4O. The van der Waals surface area contributed by atoms with E-state index in [2.05, 4.69) is 11.8 Å². The molecule has 5 nitrogen and oxygen atoms in total. The van der Waals surface area contributed by atoms with Crippen LogP contribution in [0, 0.1) is 11.7 Å². The molecule has 0 spiro atoms. The number of nitrogens with zero attached hydrogens (tertiary/aromatic N) is 4. The van der Waals surface area contributed by atoms with Crippen LogP contribution in [0.2, 0.25) is 0 Å². The minimum Gasteiger partial charge on any atom is -0.353 e. The number of aromatic nitrogens is 2. The second-order valence-corrected chi connectivity index (χ2v) is 8.79. The zero-order chi connectivity index (χ0) is 23.4. The summed E-state index contributed by atoms with van der Waals surface area (Å²) in [5.41, 5.74) is 4.09. The van der Waals surface area contributed by atoms with Crippen molar-refractivity contribution in [3.05, 3.63) is 77.2 Å². The fourth-order valence-corrected chi connectivity index (χ4v) is 4.28. The zero-order valence-electron chi connectivity index (χ0n) is 19.6. The molecule has 1 amide bonds. The van der Waals surface area contributed by atoms with Crippen LogP contribution in [0.1, 0.15) is 37.6 Å². The SMILES string of the molecule is CCc1nc(-c2ccccc2)nc(N2CCN(C(=O)C(C)C)CC2)c1Cc1ccc(F)cc1. The van der Waals surface area contributed by atoms with E-state index < -0.39 is 0 Å². The first-order valence-corrected chi connectivity index (χ1v) is 11.7. The average Bonchev–Trinajstić information content (AvgIpc) is 2.85. The highest BCUT2D eigenvalue weighted by Gasteiger charge is 2.26. The maximum absolute atomic E-state index is 13.5. The first-order valence-electron chi connectivity index (χ1n) is 11.7. The predicted molar refractivity (Wildman–Crippen MR) is 130 cm³/mol. The minimum atomic E-state index is -0.240. The number of aryl methyl sites for hydroxylation is 1. The van der Waals surface area contributed by atoms with Gasteiger partial charge in [0.2, 0.25) is 5.91 Å². The Labute approximate surface area is 195 Å². The highest BCUT2D eigenvalue weighted by Crippen LogP contribution is 2.29. The fourth-order valence-electron chi connectivity index (χ4n) is 4.28. The van der Waals surface area contributed by atoms with Crippen molar-refractivity contribution in [1.82, 2.24) is 14.9 Å². The van der Waals surface area contributed by atoms with Crippen LogP contribution in [0.5, 0.6) is 0 Å². The van der Waals surface area contributed by atoms with Gasteiger partial charge in [-0.15, -0.1) is 0 Å². The number of amides is 1. The van der Waals surface area contributed by atoms with Crippen molar-refractivity contribution < 1.29 is 9.18 Å². The molecule has 33 heavy (non-hydrogen) atoms. The van der Waals surface area contributed by atoms with Crippen LogP contribution >= 0.6 is 0 Å². The van der Waals surface area contributed by atoms with E-state index in [0.29, 0.717) is 25.3 Å². The van der Waals surface area contributed by atoms with Crippen molar-refractivity contribution in [1.29, 1.82) is 0 Å². The molecule has 2 heterocycles. The number of benzene rings is 2. The molecule has 3 aromatic rings. The van der Waals surface area contributed by atoms with Crippen molar-refractivity contribution in [2.24, 2.45) is 5.92 Å². The van der Waals surface area contributed by atoms with Gasteiger partial charge in [-0.1, -0.05) is 63.2 Å². The second kappa shape index (κ2) is 10.1. The molecule has 0 unspecified atom stereocenters. The van der Waals surface area contributed by atoms with Gasteiger partial charge in [-0.2, -0.15) is 0 Å². The number of carbonyl (C=O) groups excluding carboxylic acids is 1. The molecule has 0 aliphatic carbocycles. The number of anilines is 1. The molecule has 1 aromatic heterocycles. The summed E-state index contributed by atoms with van der Waals surface area (Å²) in [6.07, 6.45) is 1.41. The Morgan fingerprint density at radius 3 is 2.24 bits per heavy atom. The number of hydrogen-bond donors (Lipinski definition) is 0. The van der Waals surface area contributed by atoms with E-state index in [1.54, 1.807) is 0 Å². The van der Waals surface area contributed by atoms with Gasteiger partial charge in [0.1, 0.15) is 11.6 Å². The monoisotopic (exact) mass is 446 g/mol. The molecule has 172 valence electrons. The molecule has 2 aromatic carbocycles. The summed E-state index contributed by atoms with van der Waals surface area (Å²) in [7, 11) is 0. The quantitative estimate of drug-likeness (QED) is 0.549. The lowest BCUT2D eigenvalue weighted by molar-refractivity contribution is -0.134. The van der Waals surface area contributed by atoms with E-state index in [9.17, 15) is 9.18 Å². The number of hydrogen-bond acceptors (Lipinski definition) is 4. The first kappa shape index (κ1) is 22.9. The van der Waals surface area contributed by atoms with Crippen molar-refractivity contribution in [3.63, 3.8) is 0 Å². The maximum Gasteiger partial charge on any atom is 0.225 e. The lowest BCUT2D eigenvalue weighted by Crippen LogP contribution is -2.50. The van der Waals surface area contributed by atoms with Gasteiger partial charge in [-0.25, -0.2) is 14.4 Å². The predicted octanol–water partition coefficient (Wildman–Crippen LogP) is 4.74. The van der Waals surface area contributed by atoms with Crippen LogP contribution in [0.3, 0.4) is 0 Å². The molecule has 1 saturated heterocycles. The summed E-state index contributed by atoms with van der Waals surface area (Å²) < 4.78 is 13.5. The molecule has 0 atom stereocenters. The van der Waals surface area contributed by atoms with Gasteiger partial charge in [0, 0.05) is 55.3 Å². The van der Waals surface area contributed by atoms with Gasteiger partial charge in [0.05, 0.1) is 0 Å². The maximum atomic E-state index is 13.5. The fraction of sp³-hybridized carbons (Fsp3) is 0.370. The molecule has 1 aliphatic rings. The summed E-state index contributed by atoms with van der Waals surface area (Å²) in [6.45, 7) is 8.80. The van der Waals surface area contributed by atoms with Crippen LogP contribution in [0.4, 0.5) is 10.2 Å². The molecule has 6 heteroatoms. The lowest BCUT2D eigenvalue weighted by atomic mass is 10.0. The van der Waals surface area contributed by atoms with Crippen LogP contribution in [0.15, 0.2) is 54.6 Å². The number of piperazine rings is 1. The van der Waals surface area contributed by atoms with E-state index in [1.807, 2.05) is 61.2 Å². The highest BCUT2D eigenvalue weighted by molar-refractivity contribution is 5.78. The van der Waals surface area contributed by atoms with Gasteiger partial charge < -0.3 is 9.80 Å². The summed E-state index contributed by atoms with van der Waals surface area (Å²) in [5.74, 6) is 1.59. The Morgan fingerprint density at radius 2 is 1.64 bits per heavy atom. The smallest absolute Gasteiger partial charge is 0.225 e. The summed E-state index contributed by atoms with van der Waals surface area (Å²) in [6, 6.07) is 16.7. The Bertz CT molecular complexity index is 1090. The zero-order valence-corrected chi connectivity index (χ0v) is 19.6. The van der Waals surface area contributed by atoms with Crippen molar-refractivity contribution in [2.75, 3.05) is 31.1 Å². The van der Waals surface area contributed by atoms with E-state index >= 15 is 0 Å². The molecule has 1 fully saturated rings. The molecule has 0 saturated carbocycles. The number of rotatable bonds is 6. The van der Waals surface area contributed by atoms with Gasteiger partial charge in [-0.05, 0) is 24.1 Å². The Morgan fingerprint density at radius 1 is 0.970 bits per heavy atom. The Balaban J connectivity index is 1.72. The van der Waals surface area contributed by atoms with Crippen LogP contribution in [-0.4, -0.2) is 47.0 Å². The van der Waals surface area contributed by atoms with Crippen molar-refractivity contribution >= 4 is 11.7 Å². The normalized spacial score (nSPS) is 14.1. The van der Waals surface area contributed by atoms with Crippen molar-refractivity contribution in [2.45, 2.75) is 33.6 Å². The third-order valence-corrected chi connectivity index (χ3v) is 6.12. The van der Waals surface area contributed by atoms with Gasteiger partial charge >= 0.3 is 0 Å². The summed E-state index contributed by atoms with van der Waals surface area (Å²) >= 11 is 0. The van der Waals surface area contributed by atoms with Gasteiger partial charge in [-0.3, -0.25) is 4.79 Å². The summed E-state index contributed by atoms with van der Waals surface area (Å²) in [5, 5.41) is 0. The Hall–Kier alpha value is -3.28. The third-order valence-electron chi connectivity index (χ3n) is 6.12. The number of carbonyl (C=O) groups is 1. The Kier molecular flexibility index (Phi) is 7.02. The van der Waals surface area contributed by atoms with E-state index in [4.69, 9.17) is 9.97 Å². The van der Waals surface area contributed by atoms with Crippen LogP contribution < -0.4 is 4.90 Å². The highest BCUT2D eigenvalue weighted by atomic mass is 19.1. The number of halogens is 1. The van der Waals surface area contributed by atoms with Crippen LogP contribution in [0.25, 0.3) is 11.4 Å². The molecule has 4 rings (SSSR count). The molecular weight excluding hydrogens is 415 g/mol. The molecule has 0 N–H and O–H groups in total. The standard InChI is InChI=1S/C27H31FN4O/c1-4-24-23(18-20-10-12-22(28)13-11-20)26(30-25(29-24)21-8-6-5-7-9-21)31-14-16-32(17-15-31)27(33)19(2)3/h5-13,19H,4,14-18H2,1-3H3. The summed E-state index contributed by atoms with van der Waals surface area (Å²) in [4.78, 5) is 26.6. The van der Waals surface area contributed by atoms with Crippen LogP contribution in [-0.2, 0) is 17.6 Å². The topological polar surface area (TPSA) is 49.3 Å². The average molecular weight is 447 g/mol. The van der Waals surface area contributed by atoms with Gasteiger partial charge in [0.25, 0.3) is 0 Å². The van der Waals surface area contributed by atoms with E-state index in [1.165, 1.54) is 12.1 Å². The van der Waals surface area contributed by atoms with Gasteiger partial charge in [0.15, 0.2) is 5.82 Å². The van der Waals surface area contributed by atoms with E-state index in [-0.39, 0.29) is 17.6 Å². The largest absolute Gasteiger partial charge is 0.353 e. The molecule has 0 bridgehead atoms. The molecule has 0 radical (unpaired) electrons. The van der Waals surface area contributed by atoms with Crippen molar-refractivity contribution in [3.8, 4) is 11.4 Å². The first-order chi connectivity index (χ1) is 16.0. The lowest BCUT2D eigenvalue weighted by Gasteiger charge is -2.37. The molecule has 1 aliphatic heterocycles.